The zero-order valence-corrected chi connectivity index (χ0v) is 39.4. The molecular formula is C51H42F3N5O12S2. The Bertz CT molecular complexity index is 3600. The average Bonchev–Trinajstić information content (AvgIpc) is 3.34. The van der Waals surface area contributed by atoms with Crippen LogP contribution in [0.1, 0.15) is 37.4 Å². The summed E-state index contributed by atoms with van der Waals surface area (Å²) in [6.07, 6.45) is -3.82. The number of anilines is 2. The highest BCUT2D eigenvalue weighted by Crippen LogP contribution is 2.32. The summed E-state index contributed by atoms with van der Waals surface area (Å²) in [5, 5.41) is 58.4. The van der Waals surface area contributed by atoms with Gasteiger partial charge in [-0.25, -0.2) is 16.8 Å². The molecular weight excluding hydrogens is 996 g/mol. The van der Waals surface area contributed by atoms with Crippen molar-refractivity contribution >= 4 is 70.5 Å². The average molecular weight is 1040 g/mol. The lowest BCUT2D eigenvalue weighted by Gasteiger charge is -2.12. The number of carbonyl (C=O) groups excluding carboxylic acids is 2. The van der Waals surface area contributed by atoms with Crippen molar-refractivity contribution in [2.75, 3.05) is 22.5 Å². The summed E-state index contributed by atoms with van der Waals surface area (Å²) in [4.78, 5) is 34.6. The normalized spacial score (nSPS) is 11.5. The molecule has 0 heterocycles. The number of non-ortho nitro benzene ring substituents is 1. The van der Waals surface area contributed by atoms with Crippen molar-refractivity contribution < 1.29 is 64.9 Å². The van der Waals surface area contributed by atoms with Crippen molar-refractivity contribution in [1.82, 2.24) is 10.6 Å². The molecule has 8 N–H and O–H groups in total. The monoisotopic (exact) mass is 1040 g/mol. The maximum Gasteiger partial charge on any atom is 0.416 e. The summed E-state index contributed by atoms with van der Waals surface area (Å²) in [7, 11) is -8.16. The highest BCUT2D eigenvalue weighted by atomic mass is 32.2. The molecule has 0 atom stereocenters. The van der Waals surface area contributed by atoms with Crippen LogP contribution in [0.25, 0.3) is 21.5 Å². The smallest absolute Gasteiger partial charge is 0.416 e. The number of nitro groups is 1. The molecule has 0 aliphatic heterocycles. The van der Waals surface area contributed by atoms with Gasteiger partial charge in [-0.1, -0.05) is 42.5 Å². The first-order valence-electron chi connectivity index (χ1n) is 21.7. The van der Waals surface area contributed by atoms with Crippen LogP contribution in [0.2, 0.25) is 0 Å². The third kappa shape index (κ3) is 13.3. The predicted octanol–water partition coefficient (Wildman–Crippen LogP) is 8.98. The molecule has 0 saturated heterocycles. The number of nitrogens with one attached hydrogen (secondary N) is 4. The molecule has 0 aromatic heterocycles. The molecule has 0 aliphatic carbocycles. The molecule has 0 spiro atoms. The molecule has 0 unspecified atom stereocenters. The van der Waals surface area contributed by atoms with E-state index in [2.05, 4.69) is 20.1 Å². The Kier molecular flexibility index (Phi) is 15.4. The van der Waals surface area contributed by atoms with Gasteiger partial charge in [-0.05, 0) is 149 Å². The first-order valence-corrected chi connectivity index (χ1v) is 24.6. The molecule has 17 nitrogen and oxygen atoms in total. The van der Waals surface area contributed by atoms with Crippen molar-refractivity contribution in [3.05, 3.63) is 196 Å². The summed E-state index contributed by atoms with van der Waals surface area (Å²) in [6.45, 7) is 0.482. The quantitative estimate of drug-likeness (QED) is 0.0353. The number of hydrogen-bond acceptors (Lipinski definition) is 12. The lowest BCUT2D eigenvalue weighted by atomic mass is 10.0. The third-order valence-corrected chi connectivity index (χ3v) is 13.8. The Morgan fingerprint density at radius 2 is 0.959 bits per heavy atom. The Morgan fingerprint density at radius 3 is 1.38 bits per heavy atom. The lowest BCUT2D eigenvalue weighted by Crippen LogP contribution is -2.25. The molecule has 8 rings (SSSR count). The Labute approximate surface area is 414 Å². The Balaban J connectivity index is 0.000000214. The van der Waals surface area contributed by atoms with E-state index in [1.807, 2.05) is 0 Å². The minimum atomic E-state index is -4.67. The second-order valence-corrected chi connectivity index (χ2v) is 19.6. The molecule has 8 aromatic carbocycles. The summed E-state index contributed by atoms with van der Waals surface area (Å²) in [6, 6.07) is 35.8. The van der Waals surface area contributed by atoms with E-state index in [0.717, 1.165) is 53.6 Å². The van der Waals surface area contributed by atoms with Crippen LogP contribution in [0.4, 0.5) is 30.2 Å². The number of halogens is 3. The summed E-state index contributed by atoms with van der Waals surface area (Å²) in [5.41, 5.74) is 0.932. The van der Waals surface area contributed by atoms with E-state index in [1.165, 1.54) is 60.7 Å². The highest BCUT2D eigenvalue weighted by Gasteiger charge is 2.32. The second-order valence-electron chi connectivity index (χ2n) is 16.2. The van der Waals surface area contributed by atoms with Gasteiger partial charge in [0.15, 0.2) is 0 Å². The maximum absolute atomic E-state index is 12.9. The van der Waals surface area contributed by atoms with Crippen LogP contribution in [0.3, 0.4) is 0 Å². The van der Waals surface area contributed by atoms with Crippen LogP contribution in [0, 0.1) is 10.1 Å². The van der Waals surface area contributed by atoms with Gasteiger partial charge in [0.25, 0.3) is 37.5 Å². The molecule has 0 saturated carbocycles. The molecule has 22 heteroatoms. The van der Waals surface area contributed by atoms with Crippen molar-refractivity contribution in [2.45, 2.75) is 28.8 Å². The van der Waals surface area contributed by atoms with Crippen molar-refractivity contribution in [3.8, 4) is 23.0 Å². The number of carbonyl (C=O) groups is 2. The first-order chi connectivity index (χ1) is 34.5. The summed E-state index contributed by atoms with van der Waals surface area (Å²) < 4.78 is 93.5. The van der Waals surface area contributed by atoms with Crippen molar-refractivity contribution in [1.29, 1.82) is 0 Å². The molecule has 2 amide bonds. The molecule has 376 valence electrons. The number of nitrogens with zero attached hydrogens (tertiary/aromatic N) is 1. The number of alkyl halides is 3. The fourth-order valence-corrected chi connectivity index (χ4v) is 9.40. The largest absolute Gasteiger partial charge is 0.508 e. The number of fused-ring (bicyclic) bond motifs is 2. The maximum atomic E-state index is 12.9. The Morgan fingerprint density at radius 1 is 0.521 bits per heavy atom. The van der Waals surface area contributed by atoms with Gasteiger partial charge in [0.2, 0.25) is 0 Å². The number of aromatic hydroxyl groups is 4. The molecule has 0 fully saturated rings. The van der Waals surface area contributed by atoms with Crippen LogP contribution in [0.15, 0.2) is 168 Å². The van der Waals surface area contributed by atoms with E-state index in [4.69, 9.17) is 0 Å². The number of amides is 2. The summed E-state index contributed by atoms with van der Waals surface area (Å²) in [5.74, 6) is -1.26. The van der Waals surface area contributed by atoms with E-state index in [1.54, 1.807) is 48.5 Å². The minimum Gasteiger partial charge on any atom is -0.508 e. The molecule has 0 aliphatic rings. The molecule has 0 bridgehead atoms. The predicted molar refractivity (Wildman–Crippen MR) is 266 cm³/mol. The van der Waals surface area contributed by atoms with Gasteiger partial charge in [0.05, 0.1) is 31.4 Å². The van der Waals surface area contributed by atoms with Crippen LogP contribution >= 0.6 is 0 Å². The first kappa shape index (κ1) is 51.9. The van der Waals surface area contributed by atoms with Gasteiger partial charge in [-0.15, -0.1) is 0 Å². The number of phenols is 4. The van der Waals surface area contributed by atoms with Gasteiger partial charge >= 0.3 is 6.18 Å². The van der Waals surface area contributed by atoms with E-state index >= 15 is 0 Å². The number of benzene rings is 8. The molecule has 0 radical (unpaired) electrons. The number of nitro benzene ring substituents is 1. The Hall–Kier alpha value is -8.89. The van der Waals surface area contributed by atoms with Gasteiger partial charge < -0.3 is 31.1 Å². The third-order valence-electron chi connectivity index (χ3n) is 11.0. The van der Waals surface area contributed by atoms with Gasteiger partial charge in [0, 0.05) is 36.6 Å². The lowest BCUT2D eigenvalue weighted by molar-refractivity contribution is -0.384. The summed E-state index contributed by atoms with van der Waals surface area (Å²) >= 11 is 0. The number of phenolic OH excluding ortho intramolecular Hbond substituents is 4. The minimum absolute atomic E-state index is 0.0325. The second kappa shape index (κ2) is 21.6. The van der Waals surface area contributed by atoms with Gasteiger partial charge in [-0.2, -0.15) is 13.2 Å². The van der Waals surface area contributed by atoms with Crippen LogP contribution in [-0.4, -0.2) is 67.1 Å². The standard InChI is InChI=1S/C26H21F3N2O5S.C25H21N3O7S/c27-26(28,29)19-2-1-3-22(15-19)37(35,36)31-20-7-4-16(5-8-20)10-11-30-25(34)23-13-18-12-21(32)9-6-17(18)14-24(23)33;29-21-8-3-17-15-24(30)23(14-18(17)13-21)25(31)26-12-11-16-1-4-19(5-2-16)27-36(34,35)22-9-6-20(7-10-22)28(32)33/h1-9,12-15,31-33H,10-11H2,(H,30,34);1-10,13-15,27,29-30H,11-12H2,(H,26,31). The number of sulfonamides is 2. The van der Waals surface area contributed by atoms with E-state index in [9.17, 15) is 70.1 Å². The number of rotatable bonds is 15. The van der Waals surface area contributed by atoms with Gasteiger partial charge in [0.1, 0.15) is 23.0 Å². The molecule has 8 aromatic rings. The van der Waals surface area contributed by atoms with Crippen LogP contribution in [-0.2, 0) is 39.1 Å². The van der Waals surface area contributed by atoms with Crippen LogP contribution < -0.4 is 20.1 Å². The van der Waals surface area contributed by atoms with E-state index in [0.29, 0.717) is 46.1 Å². The number of hydrogen-bond donors (Lipinski definition) is 8. The van der Waals surface area contributed by atoms with E-state index in [-0.39, 0.29) is 63.5 Å². The molecule has 73 heavy (non-hydrogen) atoms. The van der Waals surface area contributed by atoms with Gasteiger partial charge in [-0.3, -0.25) is 29.1 Å². The fraction of sp³-hybridized carbons (Fsp3) is 0.0980. The highest BCUT2D eigenvalue weighted by molar-refractivity contribution is 7.93. The zero-order valence-electron chi connectivity index (χ0n) is 37.8. The zero-order chi connectivity index (χ0) is 52.7. The fourth-order valence-electron chi connectivity index (χ4n) is 7.23. The van der Waals surface area contributed by atoms with Crippen molar-refractivity contribution in [3.63, 3.8) is 0 Å². The van der Waals surface area contributed by atoms with Crippen molar-refractivity contribution in [2.24, 2.45) is 0 Å². The SMILES string of the molecule is O=C(NCCc1ccc(NS(=O)(=O)c2ccc([N+](=O)[O-])cc2)cc1)c1cc2cc(O)ccc2cc1O.O=C(NCCc1ccc(NS(=O)(=O)c2cccc(C(F)(F)F)c2)cc1)c1cc2cc(O)ccc2cc1O. The van der Waals surface area contributed by atoms with E-state index < -0.39 is 53.4 Å². The topological polar surface area (TPSA) is 275 Å². The van der Waals surface area contributed by atoms with Crippen LogP contribution in [0.5, 0.6) is 23.0 Å².